The lowest BCUT2D eigenvalue weighted by Crippen LogP contribution is -2.55. The lowest BCUT2D eigenvalue weighted by atomic mass is 9.99. The van der Waals surface area contributed by atoms with Gasteiger partial charge in [0.05, 0.1) is 11.7 Å². The molecule has 1 saturated heterocycles. The van der Waals surface area contributed by atoms with Crippen molar-refractivity contribution < 1.29 is 9.53 Å². The first-order chi connectivity index (χ1) is 13.6. The van der Waals surface area contributed by atoms with Crippen LogP contribution in [0.4, 0.5) is 11.4 Å². The van der Waals surface area contributed by atoms with Crippen molar-refractivity contribution in [2.24, 2.45) is 5.10 Å². The molecule has 144 valence electrons. The Kier molecular flexibility index (Phi) is 4.14. The molecule has 0 saturated carbocycles. The summed E-state index contributed by atoms with van der Waals surface area (Å²) in [5, 5.41) is 11.8. The van der Waals surface area contributed by atoms with Gasteiger partial charge in [-0.15, -0.1) is 0 Å². The zero-order chi connectivity index (χ0) is 19.3. The molecule has 3 N–H and O–H groups in total. The van der Waals surface area contributed by atoms with Crippen molar-refractivity contribution in [2.75, 3.05) is 29.9 Å². The Labute approximate surface area is 167 Å². The predicted octanol–water partition coefficient (Wildman–Crippen LogP) is 2.42. The number of hydrogen-bond acceptors (Lipinski definition) is 6. The van der Waals surface area contributed by atoms with Crippen LogP contribution >= 0.6 is 11.6 Å². The van der Waals surface area contributed by atoms with Gasteiger partial charge in [0.15, 0.2) is 5.84 Å². The molecule has 2 aromatic carbocycles. The summed E-state index contributed by atoms with van der Waals surface area (Å²) in [5.74, 6) is 1.31. The minimum absolute atomic E-state index is 0.129. The number of carbonyl (C=O) groups is 1. The number of benzene rings is 2. The second kappa shape index (κ2) is 6.68. The summed E-state index contributed by atoms with van der Waals surface area (Å²) in [5.41, 5.74) is 6.49. The van der Waals surface area contributed by atoms with Crippen molar-refractivity contribution in [3.8, 4) is 16.9 Å². The zero-order valence-corrected chi connectivity index (χ0v) is 16.1. The molecule has 0 aromatic heterocycles. The number of nitrogens with one attached hydrogen (secondary N) is 3. The van der Waals surface area contributed by atoms with Gasteiger partial charge in [0.2, 0.25) is 0 Å². The molecule has 1 amide bonds. The smallest absolute Gasteiger partial charge is 0.262 e. The molecule has 28 heavy (non-hydrogen) atoms. The fourth-order valence-corrected chi connectivity index (χ4v) is 3.80. The number of hydrogen-bond donors (Lipinski definition) is 3. The number of carbonyl (C=O) groups excluding carboxylic acids is 1. The molecule has 3 aliphatic rings. The standard InChI is InChI=1S/C20H20ClN5O2/c1-11-20(27)25-24-19-10-28-18-6-15(12-2-4-13(21)5-3-12)16(7-17(18)26(11)19)23-14-8-22-9-14/h2-7,11,14,22-23H,8-10H2,1H3,(H,25,27)/t11-/m0/s1. The molecule has 0 radical (unpaired) electrons. The van der Waals surface area contributed by atoms with Gasteiger partial charge >= 0.3 is 0 Å². The topological polar surface area (TPSA) is 78.0 Å². The maximum atomic E-state index is 12.2. The number of amidine groups is 1. The van der Waals surface area contributed by atoms with Gasteiger partial charge in [-0.3, -0.25) is 4.79 Å². The highest BCUT2D eigenvalue weighted by atomic mass is 35.5. The monoisotopic (exact) mass is 397 g/mol. The van der Waals surface area contributed by atoms with Gasteiger partial charge in [0.25, 0.3) is 5.91 Å². The number of ether oxygens (including phenoxy) is 1. The van der Waals surface area contributed by atoms with Crippen LogP contribution in [0.5, 0.6) is 5.75 Å². The molecule has 3 aliphatic heterocycles. The van der Waals surface area contributed by atoms with Crippen LogP contribution in [0, 0.1) is 0 Å². The van der Waals surface area contributed by atoms with Crippen LogP contribution in [0.3, 0.4) is 0 Å². The quantitative estimate of drug-likeness (QED) is 0.741. The highest BCUT2D eigenvalue weighted by Crippen LogP contribution is 2.43. The summed E-state index contributed by atoms with van der Waals surface area (Å²) >= 11 is 6.07. The van der Waals surface area contributed by atoms with Crippen molar-refractivity contribution in [2.45, 2.75) is 19.0 Å². The molecule has 2 aromatic rings. The molecule has 1 fully saturated rings. The van der Waals surface area contributed by atoms with Crippen LogP contribution in [0.25, 0.3) is 11.1 Å². The number of amides is 1. The zero-order valence-electron chi connectivity index (χ0n) is 15.3. The minimum Gasteiger partial charge on any atom is -0.483 e. The summed E-state index contributed by atoms with van der Waals surface area (Å²) in [7, 11) is 0. The molecular formula is C20H20ClN5O2. The van der Waals surface area contributed by atoms with Crippen LogP contribution in [-0.4, -0.2) is 43.5 Å². The van der Waals surface area contributed by atoms with E-state index in [0.717, 1.165) is 41.3 Å². The number of fused-ring (bicyclic) bond motifs is 3. The summed E-state index contributed by atoms with van der Waals surface area (Å²) in [6.07, 6.45) is 0. The molecule has 0 aliphatic carbocycles. The summed E-state index contributed by atoms with van der Waals surface area (Å²) in [4.78, 5) is 14.1. The molecule has 0 bridgehead atoms. The first-order valence-electron chi connectivity index (χ1n) is 9.30. The summed E-state index contributed by atoms with van der Waals surface area (Å²) in [6, 6.07) is 11.9. The third-order valence-corrected chi connectivity index (χ3v) is 5.60. The molecule has 0 unspecified atom stereocenters. The second-order valence-electron chi connectivity index (χ2n) is 7.21. The van der Waals surface area contributed by atoms with Gasteiger partial charge in [-0.25, -0.2) is 5.43 Å². The van der Waals surface area contributed by atoms with Crippen molar-refractivity contribution in [1.82, 2.24) is 10.7 Å². The van der Waals surface area contributed by atoms with E-state index in [1.165, 1.54) is 0 Å². The lowest BCUT2D eigenvalue weighted by Gasteiger charge is -2.39. The van der Waals surface area contributed by atoms with E-state index in [4.69, 9.17) is 16.3 Å². The minimum atomic E-state index is -0.352. The van der Waals surface area contributed by atoms with Gasteiger partial charge in [-0.1, -0.05) is 23.7 Å². The number of rotatable bonds is 3. The molecule has 1 atom stereocenters. The average molecular weight is 398 g/mol. The highest BCUT2D eigenvalue weighted by Gasteiger charge is 2.36. The largest absolute Gasteiger partial charge is 0.483 e. The Morgan fingerprint density at radius 1 is 1.25 bits per heavy atom. The van der Waals surface area contributed by atoms with Crippen LogP contribution in [0.15, 0.2) is 41.5 Å². The molecule has 8 heteroatoms. The average Bonchev–Trinajstić information content (AvgIpc) is 2.67. The Hall–Kier alpha value is -2.77. The fourth-order valence-electron chi connectivity index (χ4n) is 3.67. The predicted molar refractivity (Wildman–Crippen MR) is 110 cm³/mol. The van der Waals surface area contributed by atoms with Gasteiger partial charge in [0.1, 0.15) is 18.4 Å². The number of hydrazone groups is 1. The maximum Gasteiger partial charge on any atom is 0.262 e. The van der Waals surface area contributed by atoms with Crippen LogP contribution in [-0.2, 0) is 4.79 Å². The number of anilines is 2. The molecular weight excluding hydrogens is 378 g/mol. The van der Waals surface area contributed by atoms with E-state index < -0.39 is 0 Å². The van der Waals surface area contributed by atoms with Crippen molar-refractivity contribution >= 4 is 34.7 Å². The van der Waals surface area contributed by atoms with E-state index in [1.807, 2.05) is 42.2 Å². The van der Waals surface area contributed by atoms with Gasteiger partial charge < -0.3 is 20.3 Å². The Bertz CT molecular complexity index is 971. The van der Waals surface area contributed by atoms with E-state index in [9.17, 15) is 4.79 Å². The van der Waals surface area contributed by atoms with Crippen molar-refractivity contribution in [3.63, 3.8) is 0 Å². The molecule has 7 nitrogen and oxygen atoms in total. The third kappa shape index (κ3) is 2.87. The highest BCUT2D eigenvalue weighted by molar-refractivity contribution is 6.30. The van der Waals surface area contributed by atoms with Crippen LogP contribution < -0.4 is 25.7 Å². The Morgan fingerprint density at radius 3 is 2.75 bits per heavy atom. The fraction of sp³-hybridized carbons (Fsp3) is 0.300. The van der Waals surface area contributed by atoms with Crippen LogP contribution in [0.2, 0.25) is 5.02 Å². The van der Waals surface area contributed by atoms with Gasteiger partial charge in [0, 0.05) is 29.4 Å². The molecule has 3 heterocycles. The third-order valence-electron chi connectivity index (χ3n) is 5.35. The first-order valence-corrected chi connectivity index (χ1v) is 9.67. The van der Waals surface area contributed by atoms with Gasteiger partial charge in [-0.05, 0) is 36.8 Å². The van der Waals surface area contributed by atoms with E-state index in [1.54, 1.807) is 0 Å². The summed E-state index contributed by atoms with van der Waals surface area (Å²) < 4.78 is 5.97. The van der Waals surface area contributed by atoms with Gasteiger partial charge in [-0.2, -0.15) is 5.10 Å². The normalized spacial score (nSPS) is 20.9. The maximum absolute atomic E-state index is 12.2. The van der Waals surface area contributed by atoms with Crippen LogP contribution in [0.1, 0.15) is 6.92 Å². The SMILES string of the molecule is C[C@H]1C(=O)NN=C2COc3cc(-c4ccc(Cl)cc4)c(NC4CNC4)cc3N21. The van der Waals surface area contributed by atoms with Crippen molar-refractivity contribution in [1.29, 1.82) is 0 Å². The van der Waals surface area contributed by atoms with E-state index in [2.05, 4.69) is 27.2 Å². The number of nitrogens with zero attached hydrogens (tertiary/aromatic N) is 2. The Balaban J connectivity index is 1.63. The molecule has 5 rings (SSSR count). The van der Waals surface area contributed by atoms with Crippen molar-refractivity contribution in [3.05, 3.63) is 41.4 Å². The second-order valence-corrected chi connectivity index (χ2v) is 7.65. The van der Waals surface area contributed by atoms with E-state index >= 15 is 0 Å². The van der Waals surface area contributed by atoms with E-state index in [-0.39, 0.29) is 11.9 Å². The Morgan fingerprint density at radius 2 is 2.04 bits per heavy atom. The number of halogens is 1. The first kappa shape index (κ1) is 17.3. The van der Waals surface area contributed by atoms with E-state index in [0.29, 0.717) is 23.5 Å². The summed E-state index contributed by atoms with van der Waals surface area (Å²) in [6.45, 7) is 4.03. The lowest BCUT2D eigenvalue weighted by molar-refractivity contribution is -0.122. The molecule has 0 spiro atoms.